The van der Waals surface area contributed by atoms with Gasteiger partial charge < -0.3 is 4.90 Å². The Morgan fingerprint density at radius 3 is 2.60 bits per heavy atom. The topological polar surface area (TPSA) is 85.2 Å². The SMILES string of the molecule is CCC(C)N(C(=O)CSc1nnc(-c2ccccc2Cl)n1-c1ccccc1F)C1CCS(=O)(=O)C1. The molecule has 4 rings (SSSR count). The van der Waals surface area contributed by atoms with Crippen LogP contribution in [-0.4, -0.2) is 63.3 Å². The molecule has 0 N–H and O–H groups in total. The fourth-order valence-electron chi connectivity index (χ4n) is 4.23. The summed E-state index contributed by atoms with van der Waals surface area (Å²) in [4.78, 5) is 15.0. The highest BCUT2D eigenvalue weighted by molar-refractivity contribution is 7.99. The third-order valence-electron chi connectivity index (χ3n) is 6.12. The number of para-hydroxylation sites is 1. The van der Waals surface area contributed by atoms with Crippen LogP contribution in [0.3, 0.4) is 0 Å². The molecule has 186 valence electrons. The summed E-state index contributed by atoms with van der Waals surface area (Å²) in [5.41, 5.74) is 0.823. The molecule has 1 aromatic heterocycles. The molecule has 0 aliphatic carbocycles. The van der Waals surface area contributed by atoms with Crippen molar-refractivity contribution in [1.82, 2.24) is 19.7 Å². The lowest BCUT2D eigenvalue weighted by Gasteiger charge is -2.33. The Hall–Kier alpha value is -2.43. The maximum Gasteiger partial charge on any atom is 0.233 e. The number of nitrogens with zero attached hydrogens (tertiary/aromatic N) is 4. The minimum atomic E-state index is -3.14. The predicted molar refractivity (Wildman–Crippen MR) is 136 cm³/mol. The van der Waals surface area contributed by atoms with E-state index in [0.29, 0.717) is 34.4 Å². The number of aromatic nitrogens is 3. The monoisotopic (exact) mass is 536 g/mol. The van der Waals surface area contributed by atoms with Gasteiger partial charge in [-0.15, -0.1) is 10.2 Å². The number of rotatable bonds is 8. The first-order chi connectivity index (χ1) is 16.7. The van der Waals surface area contributed by atoms with Crippen molar-refractivity contribution in [3.8, 4) is 17.1 Å². The molecule has 1 fully saturated rings. The van der Waals surface area contributed by atoms with Crippen LogP contribution in [0.15, 0.2) is 53.7 Å². The van der Waals surface area contributed by atoms with E-state index in [1.165, 1.54) is 6.07 Å². The number of amides is 1. The van der Waals surface area contributed by atoms with Crippen LogP contribution in [0, 0.1) is 5.82 Å². The van der Waals surface area contributed by atoms with Crippen LogP contribution in [-0.2, 0) is 14.6 Å². The molecule has 1 aliphatic rings. The minimum absolute atomic E-state index is 0.00992. The number of hydrogen-bond acceptors (Lipinski definition) is 6. The minimum Gasteiger partial charge on any atom is -0.335 e. The normalized spacial score (nSPS) is 17.9. The summed E-state index contributed by atoms with van der Waals surface area (Å²) in [5.74, 6) is -0.212. The average Bonchev–Trinajstić information content (AvgIpc) is 3.41. The van der Waals surface area contributed by atoms with E-state index in [4.69, 9.17) is 11.6 Å². The van der Waals surface area contributed by atoms with E-state index in [0.717, 1.165) is 11.8 Å². The lowest BCUT2D eigenvalue weighted by atomic mass is 10.1. The van der Waals surface area contributed by atoms with Crippen molar-refractivity contribution in [3.63, 3.8) is 0 Å². The number of sulfone groups is 1. The molecule has 3 aromatic rings. The molecule has 2 aromatic carbocycles. The van der Waals surface area contributed by atoms with Gasteiger partial charge in [-0.1, -0.05) is 54.6 Å². The number of hydrogen-bond donors (Lipinski definition) is 0. The number of thioether (sulfide) groups is 1. The summed E-state index contributed by atoms with van der Waals surface area (Å²) >= 11 is 7.53. The van der Waals surface area contributed by atoms with Crippen LogP contribution < -0.4 is 0 Å². The maximum atomic E-state index is 14.8. The molecule has 2 heterocycles. The fourth-order valence-corrected chi connectivity index (χ4v) is 6.98. The molecule has 2 unspecified atom stereocenters. The molecular weight excluding hydrogens is 511 g/mol. The first kappa shape index (κ1) is 25.7. The Bertz CT molecular complexity index is 1330. The fraction of sp³-hybridized carbons (Fsp3) is 0.375. The van der Waals surface area contributed by atoms with Crippen LogP contribution in [0.25, 0.3) is 17.1 Å². The quantitative estimate of drug-likeness (QED) is 0.390. The highest BCUT2D eigenvalue weighted by Crippen LogP contribution is 2.33. The van der Waals surface area contributed by atoms with E-state index in [9.17, 15) is 17.6 Å². The van der Waals surface area contributed by atoms with Gasteiger partial charge in [-0.2, -0.15) is 0 Å². The molecule has 0 bridgehead atoms. The third-order valence-corrected chi connectivity index (χ3v) is 9.12. The Kier molecular flexibility index (Phi) is 7.83. The van der Waals surface area contributed by atoms with E-state index in [1.807, 2.05) is 13.8 Å². The van der Waals surface area contributed by atoms with Crippen molar-refractivity contribution in [2.24, 2.45) is 0 Å². The van der Waals surface area contributed by atoms with Crippen molar-refractivity contribution < 1.29 is 17.6 Å². The second kappa shape index (κ2) is 10.7. The maximum absolute atomic E-state index is 14.8. The summed E-state index contributed by atoms with van der Waals surface area (Å²) in [7, 11) is -3.14. The Balaban J connectivity index is 1.66. The lowest BCUT2D eigenvalue weighted by Crippen LogP contribution is -2.47. The predicted octanol–water partition coefficient (Wildman–Crippen LogP) is 4.63. The largest absolute Gasteiger partial charge is 0.335 e. The van der Waals surface area contributed by atoms with Crippen molar-refractivity contribution in [3.05, 3.63) is 59.4 Å². The van der Waals surface area contributed by atoms with Gasteiger partial charge >= 0.3 is 0 Å². The third kappa shape index (κ3) is 5.54. The van der Waals surface area contributed by atoms with Gasteiger partial charge in [-0.05, 0) is 44.0 Å². The molecule has 2 atom stereocenters. The summed E-state index contributed by atoms with van der Waals surface area (Å²) in [5, 5.41) is 9.30. The lowest BCUT2D eigenvalue weighted by molar-refractivity contribution is -0.132. The van der Waals surface area contributed by atoms with E-state index in [2.05, 4.69) is 10.2 Å². The van der Waals surface area contributed by atoms with E-state index >= 15 is 0 Å². The zero-order chi connectivity index (χ0) is 25.2. The van der Waals surface area contributed by atoms with Crippen molar-refractivity contribution in [2.75, 3.05) is 17.3 Å². The van der Waals surface area contributed by atoms with Crippen molar-refractivity contribution in [1.29, 1.82) is 0 Å². The Labute approximate surface area is 213 Å². The zero-order valence-corrected chi connectivity index (χ0v) is 21.8. The molecule has 0 saturated carbocycles. The van der Waals surface area contributed by atoms with Gasteiger partial charge in [0.2, 0.25) is 5.91 Å². The summed E-state index contributed by atoms with van der Waals surface area (Å²) in [6.07, 6.45) is 1.14. The van der Waals surface area contributed by atoms with Crippen LogP contribution in [0.2, 0.25) is 5.02 Å². The van der Waals surface area contributed by atoms with Crippen LogP contribution in [0.5, 0.6) is 0 Å². The van der Waals surface area contributed by atoms with Crippen molar-refractivity contribution in [2.45, 2.75) is 43.9 Å². The van der Waals surface area contributed by atoms with Crippen molar-refractivity contribution >= 4 is 39.1 Å². The highest BCUT2D eigenvalue weighted by atomic mass is 35.5. The summed E-state index contributed by atoms with van der Waals surface area (Å²) in [6, 6.07) is 12.9. The molecule has 0 radical (unpaired) electrons. The number of benzene rings is 2. The van der Waals surface area contributed by atoms with Crippen LogP contribution >= 0.6 is 23.4 Å². The molecule has 1 aliphatic heterocycles. The standard InChI is InChI=1S/C24H26ClFN4O3S2/c1-3-16(2)29(17-12-13-35(32,33)15-17)22(31)14-34-24-28-27-23(18-8-4-5-9-19(18)25)30(24)21-11-7-6-10-20(21)26/h4-11,16-17H,3,12-15H2,1-2H3. The Morgan fingerprint density at radius 1 is 1.23 bits per heavy atom. The number of carbonyl (C=O) groups is 1. The van der Waals surface area contributed by atoms with Crippen LogP contribution in [0.1, 0.15) is 26.7 Å². The molecule has 7 nitrogen and oxygen atoms in total. The molecular formula is C24H26ClFN4O3S2. The molecule has 1 saturated heterocycles. The molecule has 1 amide bonds. The van der Waals surface area contributed by atoms with Gasteiger partial charge in [0.25, 0.3) is 0 Å². The molecule has 35 heavy (non-hydrogen) atoms. The van der Waals surface area contributed by atoms with Gasteiger partial charge in [0, 0.05) is 17.6 Å². The van der Waals surface area contributed by atoms with Gasteiger partial charge in [0.15, 0.2) is 20.8 Å². The second-order valence-electron chi connectivity index (χ2n) is 8.48. The zero-order valence-electron chi connectivity index (χ0n) is 19.4. The highest BCUT2D eigenvalue weighted by Gasteiger charge is 2.36. The summed E-state index contributed by atoms with van der Waals surface area (Å²) in [6.45, 7) is 3.89. The molecule has 11 heteroatoms. The number of carbonyl (C=O) groups excluding carboxylic acids is 1. The van der Waals surface area contributed by atoms with Gasteiger partial charge in [0.1, 0.15) is 5.82 Å². The molecule has 0 spiro atoms. The second-order valence-corrected chi connectivity index (χ2v) is 12.1. The van der Waals surface area contributed by atoms with E-state index in [-0.39, 0.29) is 40.9 Å². The van der Waals surface area contributed by atoms with E-state index in [1.54, 1.807) is 51.9 Å². The average molecular weight is 537 g/mol. The number of halogens is 2. The van der Waals surface area contributed by atoms with E-state index < -0.39 is 15.7 Å². The van der Waals surface area contributed by atoms with Crippen LogP contribution in [0.4, 0.5) is 4.39 Å². The first-order valence-corrected chi connectivity index (χ1v) is 14.5. The van der Waals surface area contributed by atoms with Gasteiger partial charge in [-0.3, -0.25) is 9.36 Å². The summed E-state index contributed by atoms with van der Waals surface area (Å²) < 4.78 is 40.5. The Morgan fingerprint density at radius 2 is 1.94 bits per heavy atom. The van der Waals surface area contributed by atoms with Gasteiger partial charge in [0.05, 0.1) is 28.0 Å². The first-order valence-electron chi connectivity index (χ1n) is 11.3. The van der Waals surface area contributed by atoms with Gasteiger partial charge in [-0.25, -0.2) is 12.8 Å². The smallest absolute Gasteiger partial charge is 0.233 e.